The normalized spacial score (nSPS) is 18.0. The number of pyridine rings is 1. The number of rotatable bonds is 7. The van der Waals surface area contributed by atoms with Crippen molar-refractivity contribution in [2.75, 3.05) is 44.2 Å². The number of nitrogens with two attached hydrogens (primary N) is 1. The molecule has 0 bridgehead atoms. The lowest BCUT2D eigenvalue weighted by Crippen LogP contribution is -2.53. The van der Waals surface area contributed by atoms with Crippen molar-refractivity contribution in [3.05, 3.63) is 58.4 Å². The third-order valence-corrected chi connectivity index (χ3v) is 8.09. The van der Waals surface area contributed by atoms with E-state index in [9.17, 15) is 10.1 Å². The lowest BCUT2D eigenvalue weighted by molar-refractivity contribution is -0.117. The minimum atomic E-state index is -0.677. The molecule has 35 heavy (non-hydrogen) atoms. The Kier molecular flexibility index (Phi) is 8.25. The molecule has 3 heterocycles. The van der Waals surface area contributed by atoms with Crippen LogP contribution in [0.1, 0.15) is 41.7 Å². The molecule has 1 aromatic heterocycles. The van der Waals surface area contributed by atoms with Crippen molar-refractivity contribution in [3.8, 4) is 6.07 Å². The molecule has 1 amide bonds. The second kappa shape index (κ2) is 11.5. The Balaban J connectivity index is 1.66. The Morgan fingerprint density at radius 1 is 1.29 bits per heavy atom. The minimum Gasteiger partial charge on any atom is -0.368 e. The molecule has 182 valence electrons. The minimum absolute atomic E-state index is 0.364. The van der Waals surface area contributed by atoms with Gasteiger partial charge in [0.15, 0.2) is 0 Å². The highest BCUT2D eigenvalue weighted by molar-refractivity contribution is 8.00. The van der Waals surface area contributed by atoms with E-state index in [-0.39, 0.29) is 0 Å². The highest BCUT2D eigenvalue weighted by atomic mass is 32.2. The molecule has 2 aromatic rings. The van der Waals surface area contributed by atoms with Crippen LogP contribution >= 0.6 is 11.8 Å². The molecule has 0 spiro atoms. The molecular weight excluding hydrogens is 458 g/mol. The Labute approximate surface area is 211 Å². The first-order valence-electron chi connectivity index (χ1n) is 12.1. The molecular formula is C26H31N7OS. The molecule has 9 heteroatoms. The molecule has 2 aliphatic heterocycles. The molecule has 2 aliphatic rings. The van der Waals surface area contributed by atoms with Crippen LogP contribution < -0.4 is 16.0 Å². The van der Waals surface area contributed by atoms with Gasteiger partial charge in [0.1, 0.15) is 22.2 Å². The zero-order valence-corrected chi connectivity index (χ0v) is 20.9. The van der Waals surface area contributed by atoms with E-state index >= 15 is 0 Å². The summed E-state index contributed by atoms with van der Waals surface area (Å²) in [5.74, 6) is 0.121. The summed E-state index contributed by atoms with van der Waals surface area (Å²) in [5, 5.41) is 13.2. The topological polar surface area (TPSA) is 103 Å². The van der Waals surface area contributed by atoms with Gasteiger partial charge in [-0.2, -0.15) is 5.26 Å². The number of thioether (sulfide) groups is 1. The average molecular weight is 490 g/mol. The van der Waals surface area contributed by atoms with Crippen LogP contribution in [0, 0.1) is 17.9 Å². The summed E-state index contributed by atoms with van der Waals surface area (Å²) in [6, 6.07) is 12.2. The molecule has 3 N–H and O–H groups in total. The lowest BCUT2D eigenvalue weighted by atomic mass is 10.0. The highest BCUT2D eigenvalue weighted by Gasteiger charge is 2.30. The van der Waals surface area contributed by atoms with Gasteiger partial charge in [-0.05, 0) is 43.5 Å². The number of hydrogen-bond acceptors (Lipinski definition) is 7. The van der Waals surface area contributed by atoms with Gasteiger partial charge in [0, 0.05) is 32.2 Å². The lowest BCUT2D eigenvalue weighted by Gasteiger charge is -2.41. The van der Waals surface area contributed by atoms with Gasteiger partial charge in [-0.25, -0.2) is 9.83 Å². The van der Waals surface area contributed by atoms with Gasteiger partial charge in [-0.15, -0.1) is 0 Å². The van der Waals surface area contributed by atoms with E-state index < -0.39 is 11.2 Å². The standard InChI is InChI=1S/C26H31N7OS/c1-3-20-21(17-27)26(35-23(24(28)34)18-7-5-4-6-8-18)31-25(22(20)29-2)33-15-13-32(14-16-33)19-9-11-30-12-10-19/h4-8,19,23,30H,3,9-16H2,1H3,(H2,28,34). The first-order chi connectivity index (χ1) is 17.1. The number of benzene rings is 1. The summed E-state index contributed by atoms with van der Waals surface area (Å²) >= 11 is 1.20. The van der Waals surface area contributed by atoms with Crippen molar-refractivity contribution >= 4 is 29.2 Å². The molecule has 1 unspecified atom stereocenters. The number of amides is 1. The van der Waals surface area contributed by atoms with Crippen LogP contribution in [0.5, 0.6) is 0 Å². The number of nitrogens with zero attached hydrogens (tertiary/aromatic N) is 5. The fourth-order valence-corrected chi connectivity index (χ4v) is 6.03. The van der Waals surface area contributed by atoms with Gasteiger partial charge >= 0.3 is 0 Å². The monoisotopic (exact) mass is 489 g/mol. The Morgan fingerprint density at radius 2 is 1.97 bits per heavy atom. The number of aromatic nitrogens is 1. The average Bonchev–Trinajstić information content (AvgIpc) is 2.91. The number of hydrogen-bond donors (Lipinski definition) is 2. The van der Waals surface area contributed by atoms with Crippen LogP contribution in [0.2, 0.25) is 0 Å². The van der Waals surface area contributed by atoms with Crippen molar-refractivity contribution in [3.63, 3.8) is 0 Å². The third-order valence-electron chi connectivity index (χ3n) is 6.83. The van der Waals surface area contributed by atoms with Crippen LogP contribution in [0.3, 0.4) is 0 Å². The molecule has 0 saturated carbocycles. The predicted molar refractivity (Wildman–Crippen MR) is 139 cm³/mol. The zero-order valence-electron chi connectivity index (χ0n) is 20.0. The second-order valence-electron chi connectivity index (χ2n) is 8.84. The van der Waals surface area contributed by atoms with Crippen molar-refractivity contribution in [2.24, 2.45) is 5.73 Å². The first-order valence-corrected chi connectivity index (χ1v) is 13.0. The zero-order chi connectivity index (χ0) is 24.8. The number of nitrogens with one attached hydrogen (secondary N) is 1. The fourth-order valence-electron chi connectivity index (χ4n) is 4.97. The second-order valence-corrected chi connectivity index (χ2v) is 9.93. The maximum Gasteiger partial charge on any atom is 0.235 e. The molecule has 4 rings (SSSR count). The van der Waals surface area contributed by atoms with E-state index in [1.54, 1.807) is 0 Å². The van der Waals surface area contributed by atoms with Crippen molar-refractivity contribution < 1.29 is 4.79 Å². The quantitative estimate of drug-likeness (QED) is 0.455. The number of piperazine rings is 1. The summed E-state index contributed by atoms with van der Waals surface area (Å²) < 4.78 is 0. The van der Waals surface area contributed by atoms with Gasteiger partial charge in [-0.3, -0.25) is 9.69 Å². The Morgan fingerprint density at radius 3 is 2.54 bits per heavy atom. The van der Waals surface area contributed by atoms with Crippen LogP contribution in [0.4, 0.5) is 11.5 Å². The molecule has 1 aromatic carbocycles. The van der Waals surface area contributed by atoms with E-state index in [1.165, 1.54) is 11.8 Å². The molecule has 2 fully saturated rings. The summed E-state index contributed by atoms with van der Waals surface area (Å²) in [5.41, 5.74) is 8.02. The van der Waals surface area contributed by atoms with Gasteiger partial charge in [0.25, 0.3) is 0 Å². The maximum absolute atomic E-state index is 12.4. The highest BCUT2D eigenvalue weighted by Crippen LogP contribution is 2.42. The number of carbonyl (C=O) groups excluding carboxylic acids is 1. The van der Waals surface area contributed by atoms with Crippen LogP contribution in [-0.4, -0.2) is 61.1 Å². The van der Waals surface area contributed by atoms with Gasteiger partial charge in [0.2, 0.25) is 11.6 Å². The largest absolute Gasteiger partial charge is 0.368 e. The first kappa shape index (κ1) is 25.0. The fraction of sp³-hybridized carbons (Fsp3) is 0.462. The van der Waals surface area contributed by atoms with E-state index in [0.29, 0.717) is 40.1 Å². The van der Waals surface area contributed by atoms with Gasteiger partial charge < -0.3 is 16.0 Å². The number of carbonyl (C=O) groups is 1. The molecule has 8 nitrogen and oxygen atoms in total. The van der Waals surface area contributed by atoms with E-state index in [0.717, 1.165) is 57.7 Å². The molecule has 1 atom stereocenters. The van der Waals surface area contributed by atoms with Crippen LogP contribution in [-0.2, 0) is 11.2 Å². The Hall–Kier alpha value is -3.11. The summed E-state index contributed by atoms with van der Waals surface area (Å²) in [4.78, 5) is 25.8. The maximum atomic E-state index is 12.4. The van der Waals surface area contributed by atoms with Crippen molar-refractivity contribution in [2.45, 2.75) is 42.5 Å². The third kappa shape index (κ3) is 5.43. The summed E-state index contributed by atoms with van der Waals surface area (Å²) in [6.45, 7) is 15.3. The summed E-state index contributed by atoms with van der Waals surface area (Å²) in [6.07, 6.45) is 2.86. The number of anilines is 1. The van der Waals surface area contributed by atoms with E-state index in [2.05, 4.69) is 26.0 Å². The van der Waals surface area contributed by atoms with Crippen LogP contribution in [0.25, 0.3) is 4.85 Å². The number of piperidine rings is 1. The van der Waals surface area contributed by atoms with Crippen LogP contribution in [0.15, 0.2) is 35.4 Å². The summed E-state index contributed by atoms with van der Waals surface area (Å²) in [7, 11) is 0. The molecule has 2 saturated heterocycles. The van der Waals surface area contributed by atoms with Gasteiger partial charge in [0.05, 0.1) is 12.1 Å². The molecule has 0 radical (unpaired) electrons. The predicted octanol–water partition coefficient (Wildman–Crippen LogP) is 3.26. The Bertz CT molecular complexity index is 1130. The van der Waals surface area contributed by atoms with Crippen molar-refractivity contribution in [1.82, 2.24) is 15.2 Å². The SMILES string of the molecule is [C-]#[N+]c1c(N2CCN(C3CCNCC3)CC2)nc(SC(C(N)=O)c2ccccc2)c(C#N)c1CC. The molecule has 0 aliphatic carbocycles. The van der Waals surface area contributed by atoms with E-state index in [4.69, 9.17) is 17.3 Å². The van der Waals surface area contributed by atoms with E-state index in [1.807, 2.05) is 37.3 Å². The number of primary amides is 1. The smallest absolute Gasteiger partial charge is 0.235 e. The van der Waals surface area contributed by atoms with Crippen molar-refractivity contribution in [1.29, 1.82) is 5.26 Å². The van der Waals surface area contributed by atoms with Gasteiger partial charge in [-0.1, -0.05) is 49.0 Å². The number of nitriles is 1.